The van der Waals surface area contributed by atoms with E-state index in [1.165, 1.54) is 12.3 Å². The van der Waals surface area contributed by atoms with Gasteiger partial charge in [0.15, 0.2) is 17.4 Å². The van der Waals surface area contributed by atoms with Crippen LogP contribution in [-0.4, -0.2) is 24.2 Å². The van der Waals surface area contributed by atoms with Crippen LogP contribution in [-0.2, 0) is 11.5 Å². The summed E-state index contributed by atoms with van der Waals surface area (Å²) in [6.45, 7) is 7.67. The first-order valence-corrected chi connectivity index (χ1v) is 14.9. The number of nitriles is 1. The monoisotopic (exact) mass is 492 g/mol. The summed E-state index contributed by atoms with van der Waals surface area (Å²) in [6, 6.07) is 13.9. The van der Waals surface area contributed by atoms with Crippen molar-refractivity contribution in [3.8, 4) is 28.7 Å². The quantitative estimate of drug-likeness (QED) is 0.171. The molecule has 2 aromatic carbocycles. The molecule has 180 valence electrons. The fourth-order valence-electron chi connectivity index (χ4n) is 3.72. The van der Waals surface area contributed by atoms with Crippen molar-refractivity contribution in [1.82, 2.24) is 9.55 Å². The molecule has 0 saturated carbocycles. The van der Waals surface area contributed by atoms with Gasteiger partial charge in [-0.2, -0.15) is 5.26 Å². The Morgan fingerprint density at radius 1 is 1.09 bits per heavy atom. The second-order valence-electron chi connectivity index (χ2n) is 9.44. The molecule has 35 heavy (non-hydrogen) atoms. The summed E-state index contributed by atoms with van der Waals surface area (Å²) < 4.78 is 42.5. The summed E-state index contributed by atoms with van der Waals surface area (Å²) in [6.07, 6.45) is 3.33. The zero-order valence-electron chi connectivity index (χ0n) is 19.8. The lowest BCUT2D eigenvalue weighted by Crippen LogP contribution is -2.22. The third-order valence-corrected chi connectivity index (χ3v) is 7.22. The summed E-state index contributed by atoms with van der Waals surface area (Å²) in [5, 5.41) is 10.2. The summed E-state index contributed by atoms with van der Waals surface area (Å²) in [4.78, 5) is 4.49. The van der Waals surface area contributed by atoms with Gasteiger partial charge in [-0.25, -0.2) is 13.8 Å². The molecule has 4 rings (SSSR count). The first-order chi connectivity index (χ1) is 16.7. The van der Waals surface area contributed by atoms with Gasteiger partial charge in [0.05, 0.1) is 17.0 Å². The molecule has 6 nitrogen and oxygen atoms in total. The Bertz CT molecular complexity index is 1400. The average Bonchev–Trinajstić information content (AvgIpc) is 3.17. The SMILES string of the molecule is C[Si](C)(C)CCOCn1cc(-c2ccccc2C#N)c2c(Oc3c(F)cc(N)cc3F)ccnc21. The lowest BCUT2D eigenvalue weighted by molar-refractivity contribution is 0.0899. The fraction of sp³-hybridized carbons (Fsp3) is 0.231. The molecule has 2 aromatic heterocycles. The van der Waals surface area contributed by atoms with E-state index in [9.17, 15) is 14.0 Å². The number of hydrogen-bond donors (Lipinski definition) is 1. The minimum atomic E-state index is -1.26. The van der Waals surface area contributed by atoms with Gasteiger partial charge in [0.2, 0.25) is 0 Å². The Morgan fingerprint density at radius 2 is 1.80 bits per heavy atom. The van der Waals surface area contributed by atoms with Crippen LogP contribution < -0.4 is 10.5 Å². The average molecular weight is 493 g/mol. The maximum absolute atomic E-state index is 14.5. The molecule has 2 N–H and O–H groups in total. The molecule has 0 bridgehead atoms. The second-order valence-corrected chi connectivity index (χ2v) is 15.1. The molecular weight excluding hydrogens is 466 g/mol. The summed E-state index contributed by atoms with van der Waals surface area (Å²) in [7, 11) is -1.26. The third kappa shape index (κ3) is 5.34. The van der Waals surface area contributed by atoms with Crippen molar-refractivity contribution in [1.29, 1.82) is 5.26 Å². The second kappa shape index (κ2) is 9.86. The number of benzene rings is 2. The number of aromatic nitrogens is 2. The predicted octanol–water partition coefficient (Wildman–Crippen LogP) is 6.54. The number of ether oxygens (including phenoxy) is 2. The van der Waals surface area contributed by atoms with E-state index in [-0.39, 0.29) is 18.2 Å². The van der Waals surface area contributed by atoms with Gasteiger partial charge in [0.25, 0.3) is 0 Å². The van der Waals surface area contributed by atoms with E-state index in [0.29, 0.717) is 34.3 Å². The molecule has 0 amide bonds. The number of pyridine rings is 1. The molecule has 4 aromatic rings. The predicted molar refractivity (Wildman–Crippen MR) is 135 cm³/mol. The van der Waals surface area contributed by atoms with Crippen LogP contribution in [0.15, 0.2) is 54.9 Å². The van der Waals surface area contributed by atoms with Gasteiger partial charge in [0, 0.05) is 56.0 Å². The van der Waals surface area contributed by atoms with E-state index in [1.807, 2.05) is 22.9 Å². The molecule has 2 heterocycles. The van der Waals surface area contributed by atoms with E-state index in [4.69, 9.17) is 15.2 Å². The van der Waals surface area contributed by atoms with Crippen molar-refractivity contribution in [3.63, 3.8) is 0 Å². The highest BCUT2D eigenvalue weighted by Crippen LogP contribution is 2.40. The minimum Gasteiger partial charge on any atom is -0.450 e. The normalized spacial score (nSPS) is 11.5. The topological polar surface area (TPSA) is 86.1 Å². The van der Waals surface area contributed by atoms with Crippen molar-refractivity contribution in [2.75, 3.05) is 12.3 Å². The Labute approximate surface area is 203 Å². The smallest absolute Gasteiger partial charge is 0.198 e. The summed E-state index contributed by atoms with van der Waals surface area (Å²) in [5.41, 5.74) is 7.75. The standard InChI is InChI=1S/C26H26F2N4O2Si/c1-35(2,3)11-10-33-16-32-15-20(19-7-5-4-6-17(19)14-29)24-23(8-9-31-26(24)32)34-25-21(27)12-18(30)13-22(25)28/h4-9,12-13,15H,10-11,16,30H2,1-3H3. The van der Waals surface area contributed by atoms with Crippen LogP contribution in [0.4, 0.5) is 14.5 Å². The molecule has 0 fully saturated rings. The first-order valence-electron chi connectivity index (χ1n) is 11.2. The van der Waals surface area contributed by atoms with Crippen LogP contribution in [0.25, 0.3) is 22.2 Å². The number of nitrogens with two attached hydrogens (primary N) is 1. The van der Waals surface area contributed by atoms with E-state index in [0.717, 1.165) is 18.2 Å². The molecule has 0 atom stereocenters. The van der Waals surface area contributed by atoms with Gasteiger partial charge in [-0.05, 0) is 18.2 Å². The molecule has 0 aliphatic rings. The van der Waals surface area contributed by atoms with Crippen LogP contribution in [0.1, 0.15) is 5.56 Å². The Hall–Kier alpha value is -3.74. The number of hydrogen-bond acceptors (Lipinski definition) is 5. The Morgan fingerprint density at radius 3 is 2.49 bits per heavy atom. The van der Waals surface area contributed by atoms with Gasteiger partial charge in [-0.3, -0.25) is 0 Å². The number of anilines is 1. The van der Waals surface area contributed by atoms with Gasteiger partial charge >= 0.3 is 0 Å². The minimum absolute atomic E-state index is 0.0440. The molecule has 0 radical (unpaired) electrons. The van der Waals surface area contributed by atoms with Gasteiger partial charge < -0.3 is 19.8 Å². The fourth-order valence-corrected chi connectivity index (χ4v) is 4.47. The zero-order chi connectivity index (χ0) is 25.2. The number of nitrogens with zero attached hydrogens (tertiary/aromatic N) is 3. The molecule has 0 spiro atoms. The highest BCUT2D eigenvalue weighted by molar-refractivity contribution is 6.76. The molecule has 0 aliphatic heterocycles. The third-order valence-electron chi connectivity index (χ3n) is 5.52. The summed E-state index contributed by atoms with van der Waals surface area (Å²) in [5.74, 6) is -2.20. The van der Waals surface area contributed by atoms with E-state index < -0.39 is 25.5 Å². The molecule has 9 heteroatoms. The summed E-state index contributed by atoms with van der Waals surface area (Å²) >= 11 is 0. The first kappa shape index (κ1) is 24.4. The van der Waals surface area contributed by atoms with Crippen molar-refractivity contribution in [2.24, 2.45) is 0 Å². The lowest BCUT2D eigenvalue weighted by atomic mass is 10.0. The van der Waals surface area contributed by atoms with Crippen molar-refractivity contribution in [2.45, 2.75) is 32.4 Å². The van der Waals surface area contributed by atoms with E-state index >= 15 is 0 Å². The Kier molecular flexibility index (Phi) is 6.87. The van der Waals surface area contributed by atoms with Gasteiger partial charge in [-0.15, -0.1) is 0 Å². The lowest BCUT2D eigenvalue weighted by Gasteiger charge is -2.15. The number of halogens is 2. The van der Waals surface area contributed by atoms with Crippen LogP contribution in [0.2, 0.25) is 25.7 Å². The Balaban J connectivity index is 1.83. The highest BCUT2D eigenvalue weighted by atomic mass is 28.3. The van der Waals surface area contributed by atoms with Crippen molar-refractivity contribution < 1.29 is 18.3 Å². The van der Waals surface area contributed by atoms with Crippen LogP contribution in [0.5, 0.6) is 11.5 Å². The molecule has 0 aliphatic carbocycles. The molecular formula is C26H26F2N4O2Si. The highest BCUT2D eigenvalue weighted by Gasteiger charge is 2.21. The maximum Gasteiger partial charge on any atom is 0.198 e. The van der Waals surface area contributed by atoms with Crippen LogP contribution in [0.3, 0.4) is 0 Å². The van der Waals surface area contributed by atoms with Gasteiger partial charge in [0.1, 0.15) is 18.1 Å². The van der Waals surface area contributed by atoms with Crippen LogP contribution >= 0.6 is 0 Å². The molecule has 0 saturated heterocycles. The maximum atomic E-state index is 14.5. The van der Waals surface area contributed by atoms with E-state index in [2.05, 4.69) is 30.7 Å². The largest absolute Gasteiger partial charge is 0.450 e. The van der Waals surface area contributed by atoms with Crippen LogP contribution in [0, 0.1) is 23.0 Å². The number of nitrogen functional groups attached to an aromatic ring is 1. The van der Waals surface area contributed by atoms with Crippen molar-refractivity contribution in [3.05, 3.63) is 72.1 Å². The van der Waals surface area contributed by atoms with Crippen molar-refractivity contribution >= 4 is 24.8 Å². The number of fused-ring (bicyclic) bond motifs is 1. The number of rotatable bonds is 8. The molecule has 0 unspecified atom stereocenters. The van der Waals surface area contributed by atoms with Gasteiger partial charge in [-0.1, -0.05) is 37.8 Å². The zero-order valence-corrected chi connectivity index (χ0v) is 20.8. The van der Waals surface area contributed by atoms with E-state index in [1.54, 1.807) is 12.1 Å².